The highest BCUT2D eigenvalue weighted by Crippen LogP contribution is 2.21. The molecule has 1 heterocycles. The lowest BCUT2D eigenvalue weighted by molar-refractivity contribution is 0.243. The Labute approximate surface area is 78.8 Å². The number of furan rings is 1. The highest BCUT2D eigenvalue weighted by atomic mass is 31.1. The first-order valence-corrected chi connectivity index (χ1v) is 5.11. The van der Waals surface area contributed by atoms with Crippen LogP contribution in [0.5, 0.6) is 0 Å². The van der Waals surface area contributed by atoms with Crippen molar-refractivity contribution in [2.75, 3.05) is 13.2 Å². The molecule has 1 rings (SSSR count). The lowest BCUT2D eigenvalue weighted by atomic mass is 10.7. The van der Waals surface area contributed by atoms with E-state index in [1.807, 2.05) is 12.1 Å². The minimum absolute atomic E-state index is 0.440. The van der Waals surface area contributed by atoms with Crippen molar-refractivity contribution in [3.05, 3.63) is 24.7 Å². The molecule has 0 atom stereocenters. The SMILES string of the molecule is CCO[P+](=O)OCC.c1ccoc1. The van der Waals surface area contributed by atoms with E-state index in [2.05, 4.69) is 13.5 Å². The van der Waals surface area contributed by atoms with Crippen molar-refractivity contribution in [3.63, 3.8) is 0 Å². The number of hydrogen-bond acceptors (Lipinski definition) is 4. The van der Waals surface area contributed by atoms with E-state index in [9.17, 15) is 4.57 Å². The highest BCUT2D eigenvalue weighted by Gasteiger charge is 2.15. The maximum atomic E-state index is 10.3. The molecule has 0 spiro atoms. The molecule has 1 aromatic heterocycles. The lowest BCUT2D eigenvalue weighted by Crippen LogP contribution is -1.81. The van der Waals surface area contributed by atoms with Crippen molar-refractivity contribution in [2.45, 2.75) is 13.8 Å². The van der Waals surface area contributed by atoms with Crippen LogP contribution in [0.25, 0.3) is 0 Å². The first-order chi connectivity index (χ1) is 6.31. The second-order valence-electron chi connectivity index (χ2n) is 1.85. The summed E-state index contributed by atoms with van der Waals surface area (Å²) in [5, 5.41) is 0. The van der Waals surface area contributed by atoms with Crippen LogP contribution >= 0.6 is 8.25 Å². The Balaban J connectivity index is 0.000000243. The van der Waals surface area contributed by atoms with Gasteiger partial charge in [0, 0.05) is 4.57 Å². The topological polar surface area (TPSA) is 48.7 Å². The van der Waals surface area contributed by atoms with Crippen LogP contribution in [0.1, 0.15) is 13.8 Å². The van der Waals surface area contributed by atoms with Crippen molar-refractivity contribution in [2.24, 2.45) is 0 Å². The van der Waals surface area contributed by atoms with Crippen LogP contribution in [-0.2, 0) is 13.6 Å². The van der Waals surface area contributed by atoms with Crippen LogP contribution in [0.15, 0.2) is 29.1 Å². The fourth-order valence-corrected chi connectivity index (χ4v) is 0.971. The number of hydrogen-bond donors (Lipinski definition) is 0. The third-order valence-corrected chi connectivity index (χ3v) is 1.83. The summed E-state index contributed by atoms with van der Waals surface area (Å²) in [7, 11) is -1.83. The second-order valence-corrected chi connectivity index (χ2v) is 2.82. The van der Waals surface area contributed by atoms with E-state index in [1.165, 1.54) is 0 Å². The predicted octanol–water partition coefficient (Wildman–Crippen LogP) is 3.00. The molecule has 0 radical (unpaired) electrons. The Morgan fingerprint density at radius 3 is 1.85 bits per heavy atom. The zero-order valence-electron chi connectivity index (χ0n) is 7.80. The average molecular weight is 205 g/mol. The van der Waals surface area contributed by atoms with Gasteiger partial charge in [-0.3, -0.25) is 0 Å². The van der Waals surface area contributed by atoms with Gasteiger partial charge in [-0.1, -0.05) is 0 Å². The van der Waals surface area contributed by atoms with Crippen molar-refractivity contribution < 1.29 is 18.0 Å². The molecule has 0 saturated carbocycles. The van der Waals surface area contributed by atoms with Crippen LogP contribution in [0.4, 0.5) is 0 Å². The molecular formula is C8H14O4P+. The van der Waals surface area contributed by atoms with E-state index in [4.69, 9.17) is 0 Å². The second kappa shape index (κ2) is 9.39. The smallest absolute Gasteiger partial charge is 0.473 e. The van der Waals surface area contributed by atoms with Crippen LogP contribution in [-0.4, -0.2) is 13.2 Å². The van der Waals surface area contributed by atoms with E-state index in [-0.39, 0.29) is 0 Å². The zero-order valence-corrected chi connectivity index (χ0v) is 8.70. The molecule has 0 aliphatic carbocycles. The van der Waals surface area contributed by atoms with E-state index >= 15 is 0 Å². The van der Waals surface area contributed by atoms with Crippen LogP contribution in [0, 0.1) is 0 Å². The first kappa shape index (κ1) is 12.3. The molecule has 0 aromatic carbocycles. The Morgan fingerprint density at radius 1 is 1.15 bits per heavy atom. The largest absolute Gasteiger partial charge is 0.697 e. The minimum atomic E-state index is -1.83. The summed E-state index contributed by atoms with van der Waals surface area (Å²) in [6, 6.07) is 3.67. The predicted molar refractivity (Wildman–Crippen MR) is 49.6 cm³/mol. The van der Waals surface area contributed by atoms with Crippen molar-refractivity contribution in [3.8, 4) is 0 Å². The van der Waals surface area contributed by atoms with E-state index in [0.717, 1.165) is 0 Å². The zero-order chi connectivity index (χ0) is 9.94. The summed E-state index contributed by atoms with van der Waals surface area (Å²) in [5.41, 5.74) is 0. The molecule has 74 valence electrons. The van der Waals surface area contributed by atoms with Gasteiger partial charge in [0.2, 0.25) is 0 Å². The highest BCUT2D eigenvalue weighted by molar-refractivity contribution is 7.33. The maximum Gasteiger partial charge on any atom is 0.697 e. The molecule has 0 saturated heterocycles. The summed E-state index contributed by atoms with van der Waals surface area (Å²) in [5.74, 6) is 0. The van der Waals surface area contributed by atoms with Crippen LogP contribution < -0.4 is 0 Å². The van der Waals surface area contributed by atoms with Crippen molar-refractivity contribution in [1.82, 2.24) is 0 Å². The molecule has 0 N–H and O–H groups in total. The van der Waals surface area contributed by atoms with Gasteiger partial charge in [0.15, 0.2) is 0 Å². The average Bonchev–Trinajstić information content (AvgIpc) is 2.61. The van der Waals surface area contributed by atoms with Gasteiger partial charge in [-0.2, -0.15) is 0 Å². The summed E-state index contributed by atoms with van der Waals surface area (Å²) in [4.78, 5) is 0. The van der Waals surface area contributed by atoms with E-state index in [1.54, 1.807) is 26.4 Å². The molecule has 0 fully saturated rings. The third-order valence-electron chi connectivity index (χ3n) is 0.894. The van der Waals surface area contributed by atoms with E-state index < -0.39 is 8.25 Å². The molecule has 0 unspecified atom stereocenters. The fraction of sp³-hybridized carbons (Fsp3) is 0.500. The molecule has 0 bridgehead atoms. The van der Waals surface area contributed by atoms with Gasteiger partial charge in [-0.25, -0.2) is 0 Å². The molecule has 0 aliphatic rings. The Bertz CT molecular complexity index is 173. The summed E-state index contributed by atoms with van der Waals surface area (Å²) < 4.78 is 24.1. The van der Waals surface area contributed by atoms with Gasteiger partial charge >= 0.3 is 8.25 Å². The van der Waals surface area contributed by atoms with Crippen LogP contribution in [0.2, 0.25) is 0 Å². The van der Waals surface area contributed by atoms with Gasteiger partial charge in [-0.15, -0.1) is 9.05 Å². The third kappa shape index (κ3) is 9.21. The monoisotopic (exact) mass is 205 g/mol. The molecule has 1 aromatic rings. The van der Waals surface area contributed by atoms with E-state index in [0.29, 0.717) is 13.2 Å². The standard InChI is InChI=1S/C4H10O3P.C4H4O/c1-3-6-8(5)7-4-2;1-2-4-5-3-1/h3-4H2,1-2H3;1-4H/q+1;. The Hall–Kier alpha value is -0.700. The fourth-order valence-electron chi connectivity index (χ4n) is 0.475. The Kier molecular flexibility index (Phi) is 8.88. The number of rotatable bonds is 4. The molecule has 13 heavy (non-hydrogen) atoms. The summed E-state index contributed by atoms with van der Waals surface area (Å²) >= 11 is 0. The molecule has 0 amide bonds. The minimum Gasteiger partial charge on any atom is -0.473 e. The van der Waals surface area contributed by atoms with Gasteiger partial charge in [-0.05, 0) is 26.0 Å². The van der Waals surface area contributed by atoms with Crippen molar-refractivity contribution in [1.29, 1.82) is 0 Å². The molecule has 5 heteroatoms. The summed E-state index contributed by atoms with van der Waals surface area (Å²) in [6.07, 6.45) is 3.25. The molecule has 4 nitrogen and oxygen atoms in total. The van der Waals surface area contributed by atoms with Gasteiger partial charge in [0.05, 0.1) is 12.5 Å². The Morgan fingerprint density at radius 2 is 1.62 bits per heavy atom. The lowest BCUT2D eigenvalue weighted by Gasteiger charge is -1.78. The van der Waals surface area contributed by atoms with Gasteiger partial charge in [0.25, 0.3) is 0 Å². The first-order valence-electron chi connectivity index (χ1n) is 4.01. The normalized spacial score (nSPS) is 8.77. The maximum absolute atomic E-state index is 10.3. The van der Waals surface area contributed by atoms with Gasteiger partial charge in [0.1, 0.15) is 13.2 Å². The molecule has 0 aliphatic heterocycles. The van der Waals surface area contributed by atoms with Crippen LogP contribution in [0.3, 0.4) is 0 Å². The molecular weight excluding hydrogens is 191 g/mol. The summed E-state index contributed by atoms with van der Waals surface area (Å²) in [6.45, 7) is 4.42. The quantitative estimate of drug-likeness (QED) is 0.709. The van der Waals surface area contributed by atoms with Crippen molar-refractivity contribution >= 4 is 8.25 Å². The van der Waals surface area contributed by atoms with Gasteiger partial charge < -0.3 is 4.42 Å².